The van der Waals surface area contributed by atoms with Crippen LogP contribution in [0.15, 0.2) is 493 Å². The van der Waals surface area contributed by atoms with Gasteiger partial charge in [0.05, 0.1) is 39.7 Å². The summed E-state index contributed by atoms with van der Waals surface area (Å²) < 4.78 is 0. The van der Waals surface area contributed by atoms with Crippen LogP contribution in [0.1, 0.15) is 0 Å². The average Bonchev–Trinajstić information content (AvgIpc) is 1.53. The maximum absolute atomic E-state index is 5.13. The van der Waals surface area contributed by atoms with Crippen LogP contribution in [0.3, 0.4) is 0 Å². The molecule has 1 aliphatic carbocycles. The monoisotopic (exact) mass is 1760 g/mol. The summed E-state index contributed by atoms with van der Waals surface area (Å²) in [6.45, 7) is 0. The van der Waals surface area contributed by atoms with Crippen molar-refractivity contribution in [2.45, 2.75) is 0 Å². The highest BCUT2D eigenvalue weighted by Gasteiger charge is 2.33. The molecule has 0 saturated heterocycles. The molecule has 17 aromatic carbocycles. The number of rotatable bonds is 15. The van der Waals surface area contributed by atoms with Gasteiger partial charge in [-0.05, 0) is 233 Å². The Labute approximate surface area is 797 Å². The van der Waals surface area contributed by atoms with E-state index in [-0.39, 0.29) is 0 Å². The zero-order chi connectivity index (χ0) is 91.6. The molecular weight excluding hydrogens is 1680 g/mol. The van der Waals surface area contributed by atoms with Crippen LogP contribution in [0, 0.1) is 0 Å². The zero-order valence-electron chi connectivity index (χ0n) is 74.7. The fourth-order valence-electron chi connectivity index (χ4n) is 19.8. The predicted octanol–water partition coefficient (Wildman–Crippen LogP) is 32.0. The normalized spacial score (nSPS) is 11.3. The summed E-state index contributed by atoms with van der Waals surface area (Å²) >= 11 is 0. The third kappa shape index (κ3) is 15.6. The summed E-state index contributed by atoms with van der Waals surface area (Å²) in [4.78, 5) is 52.0. The molecule has 0 radical (unpaired) electrons. The van der Waals surface area contributed by atoms with Crippen LogP contribution in [-0.4, -0.2) is 54.8 Å². The Kier molecular flexibility index (Phi) is 21.8. The highest BCUT2D eigenvalue weighted by Crippen LogP contribution is 2.59. The van der Waals surface area contributed by atoms with E-state index in [0.717, 1.165) is 123 Å². The minimum atomic E-state index is 0.657. The standard InChI is InChI=1S/C47H29N3.C44H28N2.C36H24N6/c1-5-16-30(17-6-1)40-34-24-13-14-25-35(34)41(31-18-7-2-8-19-31)44-39-29-28-37(36-26-15-27-38(42(36)39)43(40)44)47-49-45(32-20-9-3-10-21-32)48-46(50-47)33-22-11-4-12-23-33;1-3-13-29(14-4-1)40-35-19-9-11-21-37(35)41(38-22-12-10-20-36(38)40)31-23-25-32(26-24-31)42-34-18-8-7-17-33(34)39-27-45-28-46-44(39)43(42)30-15-5-2-6-16-30;1-3-17-38-31(8-1)33-14-12-26(23-40-33)29-19-28(25-7-6-16-37-22-25)20-30(21-29)27-13-15-34(41-24-27)36-11-5-10-35(42-36)32-9-2-4-18-39-32/h1-29H;1-28H;1-24H. The van der Waals surface area contributed by atoms with Crippen molar-refractivity contribution >= 4 is 64.8 Å². The molecule has 0 atom stereocenters. The van der Waals surface area contributed by atoms with Gasteiger partial charge in [-0.25, -0.2) is 29.9 Å². The number of pyridine rings is 6. The summed E-state index contributed by atoms with van der Waals surface area (Å²) in [7, 11) is 0. The van der Waals surface area contributed by atoms with Gasteiger partial charge < -0.3 is 0 Å². The lowest BCUT2D eigenvalue weighted by molar-refractivity contribution is 1.08. The number of hydrogen-bond acceptors (Lipinski definition) is 11. The lowest BCUT2D eigenvalue weighted by atomic mass is 9.82. The summed E-state index contributed by atoms with van der Waals surface area (Å²) in [5, 5.41) is 13.3. The molecule has 644 valence electrons. The minimum Gasteiger partial charge on any atom is -0.264 e. The average molecular weight is 1760 g/mol. The van der Waals surface area contributed by atoms with Crippen molar-refractivity contribution in [1.82, 2.24) is 54.8 Å². The van der Waals surface area contributed by atoms with Crippen molar-refractivity contribution in [3.05, 3.63) is 493 Å². The van der Waals surface area contributed by atoms with Crippen LogP contribution in [0.2, 0.25) is 0 Å². The van der Waals surface area contributed by atoms with Crippen LogP contribution in [-0.2, 0) is 0 Å². The molecule has 25 aromatic rings. The maximum atomic E-state index is 5.13. The van der Waals surface area contributed by atoms with Crippen LogP contribution in [0.5, 0.6) is 0 Å². The number of fused-ring (bicyclic) bond motifs is 9. The van der Waals surface area contributed by atoms with Crippen LogP contribution in [0.4, 0.5) is 0 Å². The lowest BCUT2D eigenvalue weighted by Crippen LogP contribution is -2.00. The molecule has 0 saturated carbocycles. The number of aromatic nitrogens is 11. The van der Waals surface area contributed by atoms with Gasteiger partial charge in [0.1, 0.15) is 6.33 Å². The largest absolute Gasteiger partial charge is 0.264 e. The van der Waals surface area contributed by atoms with Gasteiger partial charge in [-0.1, -0.05) is 364 Å². The zero-order valence-corrected chi connectivity index (χ0v) is 74.7. The van der Waals surface area contributed by atoms with Crippen molar-refractivity contribution in [1.29, 1.82) is 0 Å². The SMILES string of the molecule is c1ccc(-c2c3ccccc3c(-c3ccc(-c4c(-c5ccccc5)c5ncncc5c5ccccc45)cc3)c3ccccc23)cc1.c1ccc(-c2ccc(-c3cc(-c4cccnc4)cc(-c4ccc(-c5cccc(-c6ccccn6)n5)nc4)c3)cn2)nc1.c1ccc(-c2nc(-c3ccccc3)nc(-c3ccc4c5c(cccc35)-c3c-4c(-c4ccccc4)c4ccccc4c3-c3ccccc3)n2)cc1. The van der Waals surface area contributed by atoms with E-state index in [0.29, 0.717) is 17.5 Å². The van der Waals surface area contributed by atoms with E-state index in [1.165, 1.54) is 115 Å². The Morgan fingerprint density at radius 2 is 0.478 bits per heavy atom. The highest BCUT2D eigenvalue weighted by molar-refractivity contribution is 6.29. The second kappa shape index (κ2) is 36.5. The molecule has 8 aromatic heterocycles. The Morgan fingerprint density at radius 1 is 0.145 bits per heavy atom. The van der Waals surface area contributed by atoms with Crippen molar-refractivity contribution in [3.63, 3.8) is 0 Å². The fourth-order valence-corrected chi connectivity index (χ4v) is 19.8. The maximum Gasteiger partial charge on any atom is 0.164 e. The Morgan fingerprint density at radius 3 is 0.935 bits per heavy atom. The molecule has 0 unspecified atom stereocenters. The topological polar surface area (TPSA) is 142 Å². The molecule has 0 amide bonds. The van der Waals surface area contributed by atoms with Gasteiger partial charge in [-0.3, -0.25) is 24.9 Å². The molecule has 1 aliphatic rings. The number of hydrogen-bond donors (Lipinski definition) is 0. The quantitative estimate of drug-likeness (QED) is 0.0715. The minimum absolute atomic E-state index is 0.657. The van der Waals surface area contributed by atoms with Gasteiger partial charge in [0.15, 0.2) is 17.5 Å². The van der Waals surface area contributed by atoms with E-state index >= 15 is 0 Å². The highest BCUT2D eigenvalue weighted by atomic mass is 15.0. The van der Waals surface area contributed by atoms with E-state index < -0.39 is 0 Å². The molecule has 138 heavy (non-hydrogen) atoms. The van der Waals surface area contributed by atoms with Crippen LogP contribution >= 0.6 is 0 Å². The van der Waals surface area contributed by atoms with Crippen molar-refractivity contribution in [2.24, 2.45) is 0 Å². The summed E-state index contributed by atoms with van der Waals surface area (Å²) in [6, 6.07) is 155. The van der Waals surface area contributed by atoms with Gasteiger partial charge in [0.25, 0.3) is 0 Å². The van der Waals surface area contributed by atoms with E-state index in [1.54, 1.807) is 24.9 Å². The van der Waals surface area contributed by atoms with Gasteiger partial charge >= 0.3 is 0 Å². The first-order chi connectivity index (χ1) is 68.5. The number of nitrogens with zero attached hydrogens (tertiary/aromatic N) is 11. The molecule has 11 nitrogen and oxygen atoms in total. The smallest absolute Gasteiger partial charge is 0.164 e. The molecule has 11 heteroatoms. The van der Waals surface area contributed by atoms with E-state index in [4.69, 9.17) is 34.9 Å². The van der Waals surface area contributed by atoms with E-state index in [2.05, 4.69) is 354 Å². The summed E-state index contributed by atoms with van der Waals surface area (Å²) in [5.74, 6) is 1.98. The van der Waals surface area contributed by atoms with Crippen molar-refractivity contribution in [2.75, 3.05) is 0 Å². The summed E-state index contributed by atoms with van der Waals surface area (Å²) in [5.41, 5.74) is 34.6. The number of benzene rings is 17. The molecule has 8 heterocycles. The molecule has 26 rings (SSSR count). The molecule has 0 N–H and O–H groups in total. The van der Waals surface area contributed by atoms with Crippen molar-refractivity contribution in [3.8, 4) is 191 Å². The van der Waals surface area contributed by atoms with Gasteiger partial charge in [-0.15, -0.1) is 0 Å². The van der Waals surface area contributed by atoms with Gasteiger partial charge in [-0.2, -0.15) is 0 Å². The first kappa shape index (κ1) is 82.4. The molecule has 0 bridgehead atoms. The van der Waals surface area contributed by atoms with E-state index in [1.807, 2.05) is 134 Å². The van der Waals surface area contributed by atoms with Crippen LogP contribution < -0.4 is 0 Å². The van der Waals surface area contributed by atoms with E-state index in [9.17, 15) is 0 Å². The first-order valence-corrected chi connectivity index (χ1v) is 46.2. The molecule has 0 spiro atoms. The third-order valence-corrected chi connectivity index (χ3v) is 26.1. The second-order valence-corrected chi connectivity index (χ2v) is 34.2. The molecule has 0 aliphatic heterocycles. The van der Waals surface area contributed by atoms with Gasteiger partial charge in [0.2, 0.25) is 0 Å². The Bertz CT molecular complexity index is 8650. The molecule has 0 fully saturated rings. The summed E-state index contributed by atoms with van der Waals surface area (Å²) in [6.07, 6.45) is 14.6. The first-order valence-electron chi connectivity index (χ1n) is 46.2. The second-order valence-electron chi connectivity index (χ2n) is 34.2. The van der Waals surface area contributed by atoms with Crippen molar-refractivity contribution < 1.29 is 0 Å². The van der Waals surface area contributed by atoms with Crippen LogP contribution in [0.25, 0.3) is 255 Å². The third-order valence-electron chi connectivity index (χ3n) is 26.1. The predicted molar refractivity (Wildman–Crippen MR) is 566 cm³/mol. The Hall–Kier alpha value is -18.7. The molecular formula is C127H81N11. The van der Waals surface area contributed by atoms with Gasteiger partial charge in [0, 0.05) is 87.7 Å². The Balaban J connectivity index is 0.000000113. The fraction of sp³-hybridized carbons (Fsp3) is 0. The lowest BCUT2D eigenvalue weighted by Gasteiger charge is -2.20.